The van der Waals surface area contributed by atoms with Crippen LogP contribution in [0.1, 0.15) is 44.1 Å². The maximum absolute atomic E-state index is 12.4. The molecule has 2 nitrogen and oxygen atoms in total. The van der Waals surface area contributed by atoms with Crippen molar-refractivity contribution in [3.05, 3.63) is 47.0 Å². The fourth-order valence-corrected chi connectivity index (χ4v) is 4.87. The molecule has 1 aromatic carbocycles. The number of esters is 1. The molecule has 1 aromatic rings. The van der Waals surface area contributed by atoms with Crippen LogP contribution in [0.3, 0.4) is 0 Å². The maximum atomic E-state index is 12.4. The molecule has 1 aliphatic rings. The summed E-state index contributed by atoms with van der Waals surface area (Å²) in [6, 6.07) is 11.7. The molecule has 23 heavy (non-hydrogen) atoms. The van der Waals surface area contributed by atoms with Gasteiger partial charge >= 0.3 is 5.97 Å². The van der Waals surface area contributed by atoms with Crippen molar-refractivity contribution in [1.82, 2.24) is 0 Å². The van der Waals surface area contributed by atoms with E-state index in [1.807, 2.05) is 6.92 Å². The Balaban J connectivity index is 2.13. The molecular formula is C20H30O2Si. The van der Waals surface area contributed by atoms with E-state index in [9.17, 15) is 4.79 Å². The van der Waals surface area contributed by atoms with E-state index < -0.39 is 8.07 Å². The van der Waals surface area contributed by atoms with Gasteiger partial charge in [0.05, 0.1) is 6.61 Å². The van der Waals surface area contributed by atoms with Crippen molar-refractivity contribution >= 4 is 14.0 Å². The number of benzene rings is 1. The summed E-state index contributed by atoms with van der Waals surface area (Å²) in [7, 11) is -1.34. The van der Waals surface area contributed by atoms with E-state index >= 15 is 0 Å². The summed E-state index contributed by atoms with van der Waals surface area (Å²) in [6.07, 6.45) is 4.37. The number of hydrogen-bond acceptors (Lipinski definition) is 2. The smallest absolute Gasteiger partial charge is 0.333 e. The number of carbonyl (C=O) groups excluding carboxylic acids is 1. The first-order chi connectivity index (χ1) is 10.9. The van der Waals surface area contributed by atoms with Crippen LogP contribution in [0.15, 0.2) is 41.5 Å². The number of allylic oxidation sites excluding steroid dienone is 1. The first-order valence-corrected chi connectivity index (χ1v) is 12.5. The van der Waals surface area contributed by atoms with Crippen LogP contribution in [0.2, 0.25) is 25.7 Å². The Morgan fingerprint density at radius 2 is 1.74 bits per heavy atom. The molecule has 0 aromatic heterocycles. The number of carbonyl (C=O) groups is 1. The van der Waals surface area contributed by atoms with Gasteiger partial charge in [0.15, 0.2) is 0 Å². The lowest BCUT2D eigenvalue weighted by Crippen LogP contribution is -2.25. The quantitative estimate of drug-likeness (QED) is 0.402. The molecule has 0 aliphatic heterocycles. The Bertz CT molecular complexity index is 545. The molecule has 1 saturated carbocycles. The Hall–Kier alpha value is -1.35. The van der Waals surface area contributed by atoms with E-state index in [1.54, 1.807) is 0 Å². The highest BCUT2D eigenvalue weighted by atomic mass is 28.3. The molecule has 0 radical (unpaired) electrons. The summed E-state index contributed by atoms with van der Waals surface area (Å²) in [4.78, 5) is 12.4. The van der Waals surface area contributed by atoms with Gasteiger partial charge in [0.1, 0.15) is 0 Å². The second-order valence-corrected chi connectivity index (χ2v) is 13.2. The van der Waals surface area contributed by atoms with Crippen LogP contribution in [-0.2, 0) is 9.53 Å². The lowest BCUT2D eigenvalue weighted by Gasteiger charge is -2.28. The molecule has 1 fully saturated rings. The van der Waals surface area contributed by atoms with Crippen molar-refractivity contribution < 1.29 is 9.53 Å². The average Bonchev–Trinajstić information content (AvgIpc) is 2.53. The van der Waals surface area contributed by atoms with E-state index in [2.05, 4.69) is 50.0 Å². The third kappa shape index (κ3) is 5.35. The van der Waals surface area contributed by atoms with Gasteiger partial charge in [-0.1, -0.05) is 55.5 Å². The molecule has 1 aliphatic carbocycles. The summed E-state index contributed by atoms with van der Waals surface area (Å²) in [5.41, 5.74) is 3.80. The maximum Gasteiger partial charge on any atom is 0.333 e. The highest BCUT2D eigenvalue weighted by Crippen LogP contribution is 2.38. The van der Waals surface area contributed by atoms with Crippen molar-refractivity contribution in [1.29, 1.82) is 0 Å². The van der Waals surface area contributed by atoms with Crippen LogP contribution in [0.25, 0.3) is 0 Å². The van der Waals surface area contributed by atoms with Crippen molar-refractivity contribution in [2.75, 3.05) is 6.61 Å². The first-order valence-electron chi connectivity index (χ1n) is 8.83. The Kier molecular flexibility index (Phi) is 6.23. The summed E-state index contributed by atoms with van der Waals surface area (Å²) in [5, 5.41) is 0. The lowest BCUT2D eigenvalue weighted by atomic mass is 9.80. The second kappa shape index (κ2) is 7.96. The zero-order chi connectivity index (χ0) is 16.9. The van der Waals surface area contributed by atoms with Crippen LogP contribution in [-0.4, -0.2) is 20.7 Å². The normalized spacial score (nSPS) is 18.6. The number of rotatable bonds is 5. The minimum absolute atomic E-state index is 0.0666. The van der Waals surface area contributed by atoms with Gasteiger partial charge in [0.25, 0.3) is 0 Å². The number of ether oxygens (including phenoxy) is 1. The lowest BCUT2D eigenvalue weighted by molar-refractivity contribution is -0.138. The van der Waals surface area contributed by atoms with E-state index in [0.717, 1.165) is 37.3 Å². The van der Waals surface area contributed by atoms with Crippen LogP contribution in [0.4, 0.5) is 0 Å². The van der Waals surface area contributed by atoms with E-state index in [1.165, 1.54) is 11.1 Å². The van der Waals surface area contributed by atoms with Crippen molar-refractivity contribution in [2.45, 2.75) is 64.2 Å². The molecule has 0 saturated heterocycles. The highest BCUT2D eigenvalue weighted by Gasteiger charge is 2.27. The average molecular weight is 331 g/mol. The molecule has 2 rings (SSSR count). The molecule has 0 atom stereocenters. The monoisotopic (exact) mass is 330 g/mol. The summed E-state index contributed by atoms with van der Waals surface area (Å²) in [5.74, 6) is 0.568. The van der Waals surface area contributed by atoms with Gasteiger partial charge in [-0.15, -0.1) is 0 Å². The highest BCUT2D eigenvalue weighted by molar-refractivity contribution is 6.77. The third-order valence-electron chi connectivity index (χ3n) is 4.52. The topological polar surface area (TPSA) is 26.3 Å². The Labute approximate surface area is 142 Å². The first kappa shape index (κ1) is 18.0. The van der Waals surface area contributed by atoms with Crippen molar-refractivity contribution in [3.8, 4) is 0 Å². The minimum Gasteiger partial charge on any atom is -0.463 e. The molecule has 126 valence electrons. The van der Waals surface area contributed by atoms with Crippen molar-refractivity contribution in [2.24, 2.45) is 0 Å². The Morgan fingerprint density at radius 1 is 1.13 bits per heavy atom. The molecule has 0 N–H and O–H groups in total. The summed E-state index contributed by atoms with van der Waals surface area (Å²) in [6.45, 7) is 9.32. The SMILES string of the molecule is CCOC(=O)C(C[Si](C)(C)C)=C1CCC(c2ccccc2)CC1. The molecule has 0 bridgehead atoms. The third-order valence-corrected chi connectivity index (χ3v) is 5.93. The van der Waals surface area contributed by atoms with Crippen LogP contribution in [0.5, 0.6) is 0 Å². The largest absolute Gasteiger partial charge is 0.463 e. The molecule has 3 heteroatoms. The zero-order valence-electron chi connectivity index (χ0n) is 15.0. The van der Waals surface area contributed by atoms with E-state index in [4.69, 9.17) is 4.74 Å². The van der Waals surface area contributed by atoms with Crippen LogP contribution >= 0.6 is 0 Å². The minimum atomic E-state index is -1.34. The van der Waals surface area contributed by atoms with Gasteiger partial charge in [-0.25, -0.2) is 4.79 Å². The van der Waals surface area contributed by atoms with Crippen LogP contribution < -0.4 is 0 Å². The molecule has 0 heterocycles. The summed E-state index contributed by atoms with van der Waals surface area (Å²) < 4.78 is 5.34. The fraction of sp³-hybridized carbons (Fsp3) is 0.550. The van der Waals surface area contributed by atoms with E-state index in [0.29, 0.717) is 12.5 Å². The zero-order valence-corrected chi connectivity index (χ0v) is 16.0. The molecular weight excluding hydrogens is 300 g/mol. The standard InChI is InChI=1S/C20H30O2Si/c1-5-22-20(21)19(15-23(2,3)4)18-13-11-17(12-14-18)16-9-7-6-8-10-16/h6-10,17H,5,11-15H2,1-4H3. The summed E-state index contributed by atoms with van der Waals surface area (Å²) >= 11 is 0. The fourth-order valence-electron chi connectivity index (χ4n) is 3.42. The van der Waals surface area contributed by atoms with Crippen molar-refractivity contribution in [3.63, 3.8) is 0 Å². The molecule has 0 unspecified atom stereocenters. The second-order valence-electron chi connectivity index (χ2n) is 7.72. The van der Waals surface area contributed by atoms with Gasteiger partial charge in [-0.2, -0.15) is 0 Å². The Morgan fingerprint density at radius 3 is 2.26 bits per heavy atom. The number of hydrogen-bond donors (Lipinski definition) is 0. The van der Waals surface area contributed by atoms with E-state index in [-0.39, 0.29) is 5.97 Å². The predicted molar refractivity (Wildman–Crippen MR) is 99.5 cm³/mol. The van der Waals surface area contributed by atoms with Gasteiger partial charge in [0, 0.05) is 13.6 Å². The molecule has 0 amide bonds. The van der Waals surface area contributed by atoms with Gasteiger partial charge in [-0.3, -0.25) is 0 Å². The predicted octanol–water partition coefficient (Wildman–Crippen LogP) is 5.54. The van der Waals surface area contributed by atoms with Crippen LogP contribution in [0, 0.1) is 0 Å². The molecule has 0 spiro atoms. The van der Waals surface area contributed by atoms with Gasteiger partial charge in [0.2, 0.25) is 0 Å². The van der Waals surface area contributed by atoms with Gasteiger partial charge in [-0.05, 0) is 50.1 Å². The van der Waals surface area contributed by atoms with Gasteiger partial charge < -0.3 is 4.74 Å².